The molecule has 2 N–H and O–H groups in total. The number of carbonyl (C=O) groups is 1. The van der Waals surface area contributed by atoms with Gasteiger partial charge in [-0.2, -0.15) is 0 Å². The van der Waals surface area contributed by atoms with Crippen LogP contribution in [0.2, 0.25) is 0 Å². The zero-order valence-electron chi connectivity index (χ0n) is 15.1. The van der Waals surface area contributed by atoms with Crippen LogP contribution >= 0.6 is 0 Å². The molecule has 1 aromatic heterocycles. The number of nitrogens with one attached hydrogen (secondary N) is 2. The lowest BCUT2D eigenvalue weighted by Crippen LogP contribution is -2.26. The molecular weight excluding hydrogens is 343 g/mol. The van der Waals surface area contributed by atoms with Gasteiger partial charge in [-0.25, -0.2) is 14.4 Å². The van der Waals surface area contributed by atoms with Gasteiger partial charge >= 0.3 is 0 Å². The molecule has 0 saturated heterocycles. The van der Waals surface area contributed by atoms with E-state index in [0.29, 0.717) is 29.6 Å². The average Bonchev–Trinajstić information content (AvgIpc) is 2.67. The number of benzene rings is 2. The molecule has 0 radical (unpaired) electrons. The first-order valence-corrected chi connectivity index (χ1v) is 8.80. The minimum absolute atomic E-state index is 0.240. The SMILES string of the molecule is Cc1cc(C(=O)NCCCc2ccccc2)nc(Nc2ccc(F)cc2)n1. The molecule has 0 spiro atoms. The van der Waals surface area contributed by atoms with Crippen molar-refractivity contribution < 1.29 is 9.18 Å². The summed E-state index contributed by atoms with van der Waals surface area (Å²) in [6.45, 7) is 2.36. The van der Waals surface area contributed by atoms with E-state index in [4.69, 9.17) is 0 Å². The number of amides is 1. The molecule has 0 aliphatic heterocycles. The van der Waals surface area contributed by atoms with Crippen LogP contribution in [0.5, 0.6) is 0 Å². The normalized spacial score (nSPS) is 10.4. The number of rotatable bonds is 7. The highest BCUT2D eigenvalue weighted by Crippen LogP contribution is 2.14. The molecule has 3 aromatic rings. The zero-order chi connectivity index (χ0) is 19.1. The summed E-state index contributed by atoms with van der Waals surface area (Å²) in [6.07, 6.45) is 1.75. The molecule has 0 unspecified atom stereocenters. The zero-order valence-corrected chi connectivity index (χ0v) is 15.1. The third-order valence-electron chi connectivity index (χ3n) is 3.96. The van der Waals surface area contributed by atoms with E-state index in [2.05, 4.69) is 32.7 Å². The minimum Gasteiger partial charge on any atom is -0.351 e. The Balaban J connectivity index is 1.57. The van der Waals surface area contributed by atoms with Gasteiger partial charge in [0.15, 0.2) is 0 Å². The van der Waals surface area contributed by atoms with Crippen molar-refractivity contribution in [1.29, 1.82) is 0 Å². The van der Waals surface area contributed by atoms with Crippen LogP contribution in [0.1, 0.15) is 28.2 Å². The summed E-state index contributed by atoms with van der Waals surface area (Å²) in [6, 6.07) is 17.7. The van der Waals surface area contributed by atoms with Crippen LogP contribution in [0.4, 0.5) is 16.0 Å². The fourth-order valence-electron chi connectivity index (χ4n) is 2.63. The van der Waals surface area contributed by atoms with E-state index in [-0.39, 0.29) is 11.7 Å². The Bertz CT molecular complexity index is 898. The van der Waals surface area contributed by atoms with E-state index in [1.807, 2.05) is 18.2 Å². The summed E-state index contributed by atoms with van der Waals surface area (Å²) in [4.78, 5) is 20.9. The van der Waals surface area contributed by atoms with Gasteiger partial charge in [-0.15, -0.1) is 0 Å². The molecule has 0 fully saturated rings. The maximum absolute atomic E-state index is 13.0. The van der Waals surface area contributed by atoms with E-state index in [9.17, 15) is 9.18 Å². The predicted octanol–water partition coefficient (Wildman–Crippen LogP) is 4.03. The molecule has 0 aliphatic carbocycles. The monoisotopic (exact) mass is 364 g/mol. The topological polar surface area (TPSA) is 66.9 Å². The third-order valence-corrected chi connectivity index (χ3v) is 3.96. The molecule has 6 heteroatoms. The fraction of sp³-hybridized carbons (Fsp3) is 0.190. The summed E-state index contributed by atoms with van der Waals surface area (Å²) in [5.41, 5.74) is 2.86. The van der Waals surface area contributed by atoms with Crippen molar-refractivity contribution in [3.05, 3.63) is 83.4 Å². The third kappa shape index (κ3) is 5.60. The maximum atomic E-state index is 13.0. The highest BCUT2D eigenvalue weighted by molar-refractivity contribution is 5.92. The molecular formula is C21H21FN4O. The first-order valence-electron chi connectivity index (χ1n) is 8.80. The van der Waals surface area contributed by atoms with Gasteiger partial charge in [-0.05, 0) is 55.7 Å². The van der Waals surface area contributed by atoms with Crippen molar-refractivity contribution in [2.45, 2.75) is 19.8 Å². The highest BCUT2D eigenvalue weighted by Gasteiger charge is 2.10. The van der Waals surface area contributed by atoms with E-state index >= 15 is 0 Å². The fourth-order valence-corrected chi connectivity index (χ4v) is 2.63. The number of anilines is 2. The number of hydrogen-bond acceptors (Lipinski definition) is 4. The lowest BCUT2D eigenvalue weighted by atomic mass is 10.1. The molecule has 0 saturated carbocycles. The van der Waals surface area contributed by atoms with Crippen molar-refractivity contribution in [3.8, 4) is 0 Å². The summed E-state index contributed by atoms with van der Waals surface area (Å²) in [5, 5.41) is 5.88. The van der Waals surface area contributed by atoms with Gasteiger partial charge in [-0.1, -0.05) is 30.3 Å². The Morgan fingerprint density at radius 3 is 2.52 bits per heavy atom. The number of aromatic nitrogens is 2. The highest BCUT2D eigenvalue weighted by atomic mass is 19.1. The van der Waals surface area contributed by atoms with Crippen LogP contribution in [-0.2, 0) is 6.42 Å². The Labute approximate surface area is 157 Å². The number of nitrogens with zero attached hydrogens (tertiary/aromatic N) is 2. The lowest BCUT2D eigenvalue weighted by molar-refractivity contribution is 0.0948. The summed E-state index contributed by atoms with van der Waals surface area (Å²) in [5.74, 6) is -0.256. The van der Waals surface area contributed by atoms with Crippen molar-refractivity contribution >= 4 is 17.5 Å². The van der Waals surface area contributed by atoms with Crippen molar-refractivity contribution in [2.75, 3.05) is 11.9 Å². The van der Waals surface area contributed by atoms with Gasteiger partial charge in [0.1, 0.15) is 11.5 Å². The Morgan fingerprint density at radius 1 is 1.04 bits per heavy atom. The summed E-state index contributed by atoms with van der Waals surface area (Å²) in [7, 11) is 0. The van der Waals surface area contributed by atoms with Crippen molar-refractivity contribution in [1.82, 2.24) is 15.3 Å². The van der Waals surface area contributed by atoms with Crippen LogP contribution in [0, 0.1) is 12.7 Å². The molecule has 5 nitrogen and oxygen atoms in total. The van der Waals surface area contributed by atoms with Crippen LogP contribution in [0.25, 0.3) is 0 Å². The van der Waals surface area contributed by atoms with Gasteiger partial charge in [-0.3, -0.25) is 4.79 Å². The Hall–Kier alpha value is -3.28. The quantitative estimate of drug-likeness (QED) is 0.621. The molecule has 1 heterocycles. The number of carbonyl (C=O) groups excluding carboxylic acids is 1. The molecule has 138 valence electrons. The first-order chi connectivity index (χ1) is 13.1. The second-order valence-electron chi connectivity index (χ2n) is 6.20. The van der Waals surface area contributed by atoms with Gasteiger partial charge in [0, 0.05) is 17.9 Å². The minimum atomic E-state index is -0.318. The van der Waals surface area contributed by atoms with Crippen molar-refractivity contribution in [3.63, 3.8) is 0 Å². The van der Waals surface area contributed by atoms with E-state index < -0.39 is 0 Å². The van der Waals surface area contributed by atoms with Crippen molar-refractivity contribution in [2.24, 2.45) is 0 Å². The number of aryl methyl sites for hydroxylation is 2. The van der Waals surface area contributed by atoms with Gasteiger partial charge < -0.3 is 10.6 Å². The lowest BCUT2D eigenvalue weighted by Gasteiger charge is -2.09. The van der Waals surface area contributed by atoms with Crippen LogP contribution in [0.3, 0.4) is 0 Å². The number of hydrogen-bond donors (Lipinski definition) is 2. The molecule has 3 rings (SSSR count). The standard InChI is InChI=1S/C21H21FN4O/c1-15-14-19(20(27)23-13-5-8-16-6-3-2-4-7-16)26-21(24-15)25-18-11-9-17(22)10-12-18/h2-4,6-7,9-12,14H,5,8,13H2,1H3,(H,23,27)(H,24,25,26). The van der Waals surface area contributed by atoms with E-state index in [1.165, 1.54) is 17.7 Å². The number of halogens is 1. The maximum Gasteiger partial charge on any atom is 0.270 e. The van der Waals surface area contributed by atoms with Crippen LogP contribution in [-0.4, -0.2) is 22.4 Å². The van der Waals surface area contributed by atoms with Gasteiger partial charge in [0.25, 0.3) is 5.91 Å². The second-order valence-corrected chi connectivity index (χ2v) is 6.20. The Morgan fingerprint density at radius 2 is 1.78 bits per heavy atom. The smallest absolute Gasteiger partial charge is 0.270 e. The molecule has 0 atom stereocenters. The van der Waals surface area contributed by atoms with E-state index in [1.54, 1.807) is 25.1 Å². The van der Waals surface area contributed by atoms with Gasteiger partial charge in [0.05, 0.1) is 0 Å². The molecule has 0 aliphatic rings. The molecule has 2 aromatic carbocycles. The predicted molar refractivity (Wildman–Crippen MR) is 104 cm³/mol. The second kappa shape index (κ2) is 8.89. The largest absolute Gasteiger partial charge is 0.351 e. The van der Waals surface area contributed by atoms with Crippen LogP contribution in [0.15, 0.2) is 60.7 Å². The summed E-state index contributed by atoms with van der Waals surface area (Å²) < 4.78 is 13.0. The van der Waals surface area contributed by atoms with Gasteiger partial charge in [0.2, 0.25) is 5.95 Å². The van der Waals surface area contributed by atoms with E-state index in [0.717, 1.165) is 12.8 Å². The summed E-state index contributed by atoms with van der Waals surface area (Å²) >= 11 is 0. The van der Waals surface area contributed by atoms with Crippen LogP contribution < -0.4 is 10.6 Å². The molecule has 27 heavy (non-hydrogen) atoms. The molecule has 1 amide bonds. The first kappa shape index (κ1) is 18.5. The Kier molecular flexibility index (Phi) is 6.10. The average molecular weight is 364 g/mol. The molecule has 0 bridgehead atoms.